The maximum atomic E-state index is 13.3. The Kier molecular flexibility index (Phi) is 5.92. The molecule has 0 N–H and O–H groups in total. The Hall–Kier alpha value is -1.43. The first-order chi connectivity index (χ1) is 11.4. The third-order valence-corrected chi connectivity index (χ3v) is 4.27. The topological polar surface area (TPSA) is 65.0 Å². The maximum absolute atomic E-state index is 13.3. The highest BCUT2D eigenvalue weighted by atomic mass is 79.9. The van der Waals surface area contributed by atoms with Crippen molar-refractivity contribution in [3.05, 3.63) is 51.4 Å². The first kappa shape index (κ1) is 19.9. The van der Waals surface area contributed by atoms with Crippen LogP contribution in [0, 0.1) is 5.82 Å². The summed E-state index contributed by atoms with van der Waals surface area (Å²) in [5.41, 5.74) is -0.222. The van der Waals surface area contributed by atoms with Gasteiger partial charge in [-0.15, -0.1) is 17.6 Å². The van der Waals surface area contributed by atoms with Crippen LogP contribution in [0.2, 0.25) is 5.02 Å². The van der Waals surface area contributed by atoms with E-state index in [0.717, 1.165) is 18.2 Å². The minimum absolute atomic E-state index is 0.0787. The fourth-order valence-electron chi connectivity index (χ4n) is 1.72. The lowest BCUT2D eigenvalue weighted by Crippen LogP contribution is -2.19. The number of alkyl halides is 3. The molecule has 2 rings (SSSR count). The first-order valence-electron chi connectivity index (χ1n) is 6.25. The summed E-state index contributed by atoms with van der Waals surface area (Å²) in [6, 6.07) is 3.49. The van der Waals surface area contributed by atoms with Crippen LogP contribution in [-0.4, -0.2) is 20.5 Å². The van der Waals surface area contributed by atoms with Crippen molar-refractivity contribution in [3.63, 3.8) is 0 Å². The van der Waals surface area contributed by atoms with E-state index in [9.17, 15) is 26.0 Å². The van der Waals surface area contributed by atoms with Gasteiger partial charge in [0.15, 0.2) is 0 Å². The highest BCUT2D eigenvalue weighted by Crippen LogP contribution is 2.29. The number of benzene rings is 1. The van der Waals surface area contributed by atoms with Gasteiger partial charge in [-0.2, -0.15) is 12.6 Å². The van der Waals surface area contributed by atoms with Crippen LogP contribution in [-0.2, 0) is 14.5 Å². The molecular weight excluding hydrogens is 458 g/mol. The molecule has 136 valence electrons. The average Bonchev–Trinajstić information content (AvgIpc) is 2.37. The number of nitrogens with zero attached hydrogens (tertiary/aromatic N) is 1. The van der Waals surface area contributed by atoms with Gasteiger partial charge in [-0.1, -0.05) is 27.5 Å². The quantitative estimate of drug-likeness (QED) is 0.609. The number of hydrogen-bond donors (Lipinski definition) is 0. The molecule has 0 spiro atoms. The Balaban J connectivity index is 2.16. The van der Waals surface area contributed by atoms with Gasteiger partial charge >= 0.3 is 16.7 Å². The van der Waals surface area contributed by atoms with Crippen LogP contribution in [0.3, 0.4) is 0 Å². The highest BCUT2D eigenvalue weighted by Gasteiger charge is 2.37. The van der Waals surface area contributed by atoms with Crippen molar-refractivity contribution in [2.24, 2.45) is 4.40 Å². The average molecular weight is 465 g/mol. The van der Waals surface area contributed by atoms with Gasteiger partial charge in [0.1, 0.15) is 17.3 Å². The third-order valence-electron chi connectivity index (χ3n) is 2.52. The Morgan fingerprint density at radius 3 is 2.44 bits per heavy atom. The van der Waals surface area contributed by atoms with Crippen LogP contribution in [0.25, 0.3) is 0 Å². The molecule has 0 unspecified atom stereocenters. The van der Waals surface area contributed by atoms with Crippen molar-refractivity contribution in [1.29, 1.82) is 0 Å². The second kappa shape index (κ2) is 7.44. The third kappa shape index (κ3) is 6.42. The van der Waals surface area contributed by atoms with Crippen LogP contribution in [0.5, 0.6) is 5.75 Å². The monoisotopic (exact) mass is 463 g/mol. The number of ether oxygens (including phenoxy) is 1. The van der Waals surface area contributed by atoms with Crippen LogP contribution in [0.4, 0.5) is 17.6 Å². The van der Waals surface area contributed by atoms with Gasteiger partial charge < -0.3 is 4.74 Å². The molecule has 0 heterocycles. The summed E-state index contributed by atoms with van der Waals surface area (Å²) in [6.07, 6.45) is -3.19. The molecule has 0 fully saturated rings. The van der Waals surface area contributed by atoms with E-state index in [2.05, 4.69) is 24.5 Å². The van der Waals surface area contributed by atoms with E-state index in [-0.39, 0.29) is 33.1 Å². The minimum Gasteiger partial charge on any atom is -0.456 e. The zero-order valence-electron chi connectivity index (χ0n) is 11.9. The zero-order valence-corrected chi connectivity index (χ0v) is 15.0. The van der Waals surface area contributed by atoms with E-state index in [1.165, 1.54) is 12.1 Å². The molecule has 0 saturated carbocycles. The molecule has 1 aromatic rings. The Labute approximate surface area is 153 Å². The summed E-state index contributed by atoms with van der Waals surface area (Å²) in [4.78, 5) is 0. The van der Waals surface area contributed by atoms with E-state index in [1.807, 2.05) is 0 Å². The van der Waals surface area contributed by atoms with Crippen molar-refractivity contribution in [2.45, 2.75) is 12.8 Å². The van der Waals surface area contributed by atoms with E-state index in [1.54, 1.807) is 0 Å². The molecule has 5 nitrogen and oxygen atoms in total. The number of hydrogen-bond acceptors (Lipinski definition) is 4. The molecule has 1 aliphatic rings. The summed E-state index contributed by atoms with van der Waals surface area (Å²) >= 11 is 8.79. The molecule has 0 radical (unpaired) electrons. The van der Waals surface area contributed by atoms with Crippen molar-refractivity contribution in [2.75, 3.05) is 0 Å². The van der Waals surface area contributed by atoms with Crippen molar-refractivity contribution >= 4 is 43.5 Å². The molecule has 25 heavy (non-hydrogen) atoms. The second-order valence-corrected chi connectivity index (χ2v) is 7.12. The fourth-order valence-corrected chi connectivity index (χ4v) is 3.12. The standard InChI is InChI=1S/C13H7BrClF4NO4S/c14-11-6-9(20-25(21,22)24-13(17,18)19)1-2-12(11)23-10-4-7(15)3-8(16)5-10/h1-5H,6H2. The van der Waals surface area contributed by atoms with Gasteiger partial charge in [-0.3, -0.25) is 0 Å². The van der Waals surface area contributed by atoms with Crippen LogP contribution >= 0.6 is 27.5 Å². The van der Waals surface area contributed by atoms with Gasteiger partial charge in [0, 0.05) is 22.0 Å². The van der Waals surface area contributed by atoms with Crippen molar-refractivity contribution in [1.82, 2.24) is 0 Å². The predicted octanol–water partition coefficient (Wildman–Crippen LogP) is 4.65. The van der Waals surface area contributed by atoms with Gasteiger partial charge in [-0.05, 0) is 24.3 Å². The summed E-state index contributed by atoms with van der Waals surface area (Å²) in [7, 11) is -5.19. The van der Waals surface area contributed by atoms with Crippen molar-refractivity contribution in [3.8, 4) is 5.75 Å². The van der Waals surface area contributed by atoms with E-state index >= 15 is 0 Å². The van der Waals surface area contributed by atoms with Gasteiger partial charge in [0.05, 0.1) is 5.71 Å². The molecule has 0 aliphatic heterocycles. The summed E-state index contributed by atoms with van der Waals surface area (Å²) in [6.45, 7) is 0. The Morgan fingerprint density at radius 1 is 1.20 bits per heavy atom. The Bertz CT molecular complexity index is 860. The largest absolute Gasteiger partial charge is 0.538 e. The van der Waals surface area contributed by atoms with Crippen LogP contribution < -0.4 is 4.74 Å². The van der Waals surface area contributed by atoms with Gasteiger partial charge in [0.2, 0.25) is 0 Å². The lowest BCUT2D eigenvalue weighted by molar-refractivity contribution is -0.271. The molecule has 0 atom stereocenters. The lowest BCUT2D eigenvalue weighted by atomic mass is 10.1. The van der Waals surface area contributed by atoms with Crippen LogP contribution in [0.1, 0.15) is 6.42 Å². The van der Waals surface area contributed by atoms with E-state index in [0.29, 0.717) is 0 Å². The van der Waals surface area contributed by atoms with Gasteiger partial charge in [0.25, 0.3) is 0 Å². The molecule has 12 heteroatoms. The smallest absolute Gasteiger partial charge is 0.456 e. The van der Waals surface area contributed by atoms with E-state index in [4.69, 9.17) is 16.3 Å². The van der Waals surface area contributed by atoms with Crippen molar-refractivity contribution < 1.29 is 34.9 Å². The molecule has 1 aromatic carbocycles. The second-order valence-electron chi connectivity index (χ2n) is 4.53. The SMILES string of the molecule is O=S(=O)(N=C1C=CC(Oc2cc(F)cc(Cl)c2)=C(Br)C1)OC(F)(F)F. The highest BCUT2D eigenvalue weighted by molar-refractivity contribution is 9.11. The fraction of sp³-hybridized carbons (Fsp3) is 0.154. The summed E-state index contributed by atoms with van der Waals surface area (Å²) in [5, 5.41) is 0.101. The summed E-state index contributed by atoms with van der Waals surface area (Å²) < 4.78 is 83.1. The first-order valence-corrected chi connectivity index (χ1v) is 8.79. The number of halogens is 6. The lowest BCUT2D eigenvalue weighted by Gasteiger charge is -2.14. The Morgan fingerprint density at radius 2 is 1.88 bits per heavy atom. The number of rotatable bonds is 4. The van der Waals surface area contributed by atoms with Crippen LogP contribution in [0.15, 0.2) is 45.0 Å². The number of allylic oxidation sites excluding steroid dienone is 3. The van der Waals surface area contributed by atoms with E-state index < -0.39 is 22.5 Å². The molecule has 0 amide bonds. The molecule has 1 aliphatic carbocycles. The zero-order chi connectivity index (χ0) is 18.8. The van der Waals surface area contributed by atoms with Gasteiger partial charge in [-0.25, -0.2) is 4.39 Å². The normalized spacial score (nSPS) is 17.3. The maximum Gasteiger partial charge on any atom is 0.538 e. The molecule has 0 bridgehead atoms. The minimum atomic E-state index is -5.38. The predicted molar refractivity (Wildman–Crippen MR) is 85.2 cm³/mol. The molecule has 0 aromatic heterocycles. The summed E-state index contributed by atoms with van der Waals surface area (Å²) in [5.74, 6) is -0.374. The molecular formula is C13H7BrClF4NO4S. The molecule has 0 saturated heterocycles.